The molecular formula is C19H30ClN3O2. The minimum atomic E-state index is -0.110. The lowest BCUT2D eigenvalue weighted by atomic mass is 9.97. The average molecular weight is 368 g/mol. The van der Waals surface area contributed by atoms with Gasteiger partial charge < -0.3 is 16.0 Å². The molecular weight excluding hydrogens is 338 g/mol. The van der Waals surface area contributed by atoms with E-state index in [2.05, 4.69) is 26.1 Å². The third kappa shape index (κ3) is 6.01. The summed E-state index contributed by atoms with van der Waals surface area (Å²) in [5, 5.41) is 2.92. The standard InChI is InChI=1S/C19H29N3O2.ClH/c1-19(2,3)13-21-17(23)14-7-9-15(10-8-14)18(24)22-11-5-4-6-16(22)12-20;/h7-10,16H,4-6,11-13,20H2,1-3H3,(H,21,23);1H. The molecule has 6 heteroatoms. The van der Waals surface area contributed by atoms with E-state index in [0.717, 1.165) is 25.8 Å². The Kier molecular flexibility index (Phi) is 7.90. The fourth-order valence-corrected chi connectivity index (χ4v) is 2.89. The Morgan fingerprint density at radius 1 is 1.16 bits per heavy atom. The first kappa shape index (κ1) is 21.5. The van der Waals surface area contributed by atoms with Gasteiger partial charge >= 0.3 is 0 Å². The average Bonchev–Trinajstić information content (AvgIpc) is 2.58. The lowest BCUT2D eigenvalue weighted by Gasteiger charge is -2.35. The number of hydrogen-bond acceptors (Lipinski definition) is 3. The smallest absolute Gasteiger partial charge is 0.254 e. The van der Waals surface area contributed by atoms with Gasteiger partial charge in [-0.2, -0.15) is 0 Å². The minimum absolute atomic E-state index is 0. The van der Waals surface area contributed by atoms with Crippen LogP contribution in [-0.2, 0) is 0 Å². The maximum Gasteiger partial charge on any atom is 0.254 e. The molecule has 1 aromatic rings. The van der Waals surface area contributed by atoms with E-state index in [9.17, 15) is 9.59 Å². The first-order chi connectivity index (χ1) is 11.3. The molecule has 0 saturated carbocycles. The predicted molar refractivity (Wildman–Crippen MR) is 103 cm³/mol. The van der Waals surface area contributed by atoms with Gasteiger partial charge in [0.1, 0.15) is 0 Å². The zero-order chi connectivity index (χ0) is 17.7. The molecule has 140 valence electrons. The Morgan fingerprint density at radius 3 is 2.32 bits per heavy atom. The molecule has 0 spiro atoms. The number of hydrogen-bond donors (Lipinski definition) is 2. The highest BCUT2D eigenvalue weighted by Gasteiger charge is 2.26. The fraction of sp³-hybridized carbons (Fsp3) is 0.579. The predicted octanol–water partition coefficient (Wildman–Crippen LogP) is 2.84. The number of nitrogens with zero attached hydrogens (tertiary/aromatic N) is 1. The summed E-state index contributed by atoms with van der Waals surface area (Å²) >= 11 is 0. The summed E-state index contributed by atoms with van der Waals surface area (Å²) in [7, 11) is 0. The maximum atomic E-state index is 12.7. The zero-order valence-corrected chi connectivity index (χ0v) is 16.2. The molecule has 25 heavy (non-hydrogen) atoms. The molecule has 1 aliphatic rings. The van der Waals surface area contributed by atoms with Gasteiger partial charge in [-0.25, -0.2) is 0 Å². The largest absolute Gasteiger partial charge is 0.352 e. The van der Waals surface area contributed by atoms with Crippen LogP contribution in [0.25, 0.3) is 0 Å². The van der Waals surface area contributed by atoms with Crippen LogP contribution in [0.1, 0.15) is 60.7 Å². The second-order valence-electron chi connectivity index (χ2n) is 7.70. The molecule has 3 N–H and O–H groups in total. The summed E-state index contributed by atoms with van der Waals surface area (Å²) in [4.78, 5) is 26.7. The van der Waals surface area contributed by atoms with Crippen molar-refractivity contribution in [3.63, 3.8) is 0 Å². The summed E-state index contributed by atoms with van der Waals surface area (Å²) in [5.41, 5.74) is 7.02. The third-order valence-corrected chi connectivity index (χ3v) is 4.33. The molecule has 1 atom stereocenters. The van der Waals surface area contributed by atoms with E-state index >= 15 is 0 Å². The van der Waals surface area contributed by atoms with E-state index in [1.165, 1.54) is 0 Å². The molecule has 1 aromatic carbocycles. The second-order valence-corrected chi connectivity index (χ2v) is 7.70. The maximum absolute atomic E-state index is 12.7. The van der Waals surface area contributed by atoms with Crippen LogP contribution in [0.5, 0.6) is 0 Å². The van der Waals surface area contributed by atoms with Crippen molar-refractivity contribution >= 4 is 24.2 Å². The van der Waals surface area contributed by atoms with E-state index in [4.69, 9.17) is 5.73 Å². The summed E-state index contributed by atoms with van der Waals surface area (Å²) in [6.45, 7) is 8.08. The molecule has 1 fully saturated rings. The van der Waals surface area contributed by atoms with Crippen molar-refractivity contribution in [1.82, 2.24) is 10.2 Å². The molecule has 2 amide bonds. The number of benzene rings is 1. The van der Waals surface area contributed by atoms with Crippen molar-refractivity contribution in [2.24, 2.45) is 11.1 Å². The molecule has 2 rings (SSSR count). The third-order valence-electron chi connectivity index (χ3n) is 4.33. The van der Waals surface area contributed by atoms with Gasteiger partial charge in [-0.1, -0.05) is 20.8 Å². The van der Waals surface area contributed by atoms with Gasteiger partial charge in [0.25, 0.3) is 11.8 Å². The van der Waals surface area contributed by atoms with Crippen LogP contribution in [0, 0.1) is 5.41 Å². The van der Waals surface area contributed by atoms with E-state index in [0.29, 0.717) is 24.2 Å². The van der Waals surface area contributed by atoms with E-state index in [1.807, 2.05) is 4.90 Å². The van der Waals surface area contributed by atoms with Crippen LogP contribution in [0.2, 0.25) is 0 Å². The Hall–Kier alpha value is -1.59. The number of nitrogens with one attached hydrogen (secondary N) is 1. The SMILES string of the molecule is CC(C)(C)CNC(=O)c1ccc(C(=O)N2CCCCC2CN)cc1.Cl. The van der Waals surface area contributed by atoms with Crippen molar-refractivity contribution < 1.29 is 9.59 Å². The first-order valence-electron chi connectivity index (χ1n) is 8.71. The molecule has 0 radical (unpaired) electrons. The Morgan fingerprint density at radius 2 is 1.76 bits per heavy atom. The number of carbonyl (C=O) groups is 2. The van der Waals surface area contributed by atoms with E-state index < -0.39 is 0 Å². The van der Waals surface area contributed by atoms with Gasteiger partial charge in [0, 0.05) is 36.8 Å². The molecule has 0 aromatic heterocycles. The zero-order valence-electron chi connectivity index (χ0n) is 15.4. The molecule has 1 saturated heterocycles. The lowest BCUT2D eigenvalue weighted by Crippen LogP contribution is -2.47. The summed E-state index contributed by atoms with van der Waals surface area (Å²) in [6, 6.07) is 7.02. The highest BCUT2D eigenvalue weighted by molar-refractivity contribution is 5.98. The van der Waals surface area contributed by atoms with Crippen molar-refractivity contribution in [2.45, 2.75) is 46.1 Å². The number of nitrogens with two attached hydrogens (primary N) is 1. The number of halogens is 1. The van der Waals surface area contributed by atoms with Crippen molar-refractivity contribution in [1.29, 1.82) is 0 Å². The minimum Gasteiger partial charge on any atom is -0.352 e. The topological polar surface area (TPSA) is 75.4 Å². The van der Waals surface area contributed by atoms with Crippen LogP contribution in [-0.4, -0.2) is 42.4 Å². The van der Waals surface area contributed by atoms with E-state index in [1.54, 1.807) is 24.3 Å². The molecule has 5 nitrogen and oxygen atoms in total. The number of amides is 2. The molecule has 1 aliphatic heterocycles. The quantitative estimate of drug-likeness (QED) is 0.859. The van der Waals surface area contributed by atoms with Gasteiger partial charge in [-0.3, -0.25) is 9.59 Å². The number of piperidine rings is 1. The van der Waals surface area contributed by atoms with Gasteiger partial charge in [0.05, 0.1) is 0 Å². The van der Waals surface area contributed by atoms with Gasteiger partial charge in [-0.05, 0) is 48.9 Å². The second kappa shape index (κ2) is 9.20. The number of rotatable bonds is 4. The number of likely N-dealkylation sites (tertiary alicyclic amines) is 1. The molecule has 1 unspecified atom stereocenters. The summed E-state index contributed by atoms with van der Waals surface area (Å²) in [5.74, 6) is -0.103. The van der Waals surface area contributed by atoms with Crippen LogP contribution in [0.3, 0.4) is 0 Å². The number of carbonyl (C=O) groups excluding carboxylic acids is 2. The van der Waals surface area contributed by atoms with Gasteiger partial charge in [-0.15, -0.1) is 12.4 Å². The normalized spacial score (nSPS) is 17.6. The summed E-state index contributed by atoms with van der Waals surface area (Å²) in [6.07, 6.45) is 3.11. The molecule has 0 bridgehead atoms. The Balaban J connectivity index is 0.00000312. The first-order valence-corrected chi connectivity index (χ1v) is 8.71. The van der Waals surface area contributed by atoms with Crippen LogP contribution >= 0.6 is 12.4 Å². The van der Waals surface area contributed by atoms with Crippen molar-refractivity contribution in [3.05, 3.63) is 35.4 Å². The van der Waals surface area contributed by atoms with Crippen LogP contribution < -0.4 is 11.1 Å². The molecule has 1 heterocycles. The van der Waals surface area contributed by atoms with Crippen molar-refractivity contribution in [2.75, 3.05) is 19.6 Å². The van der Waals surface area contributed by atoms with Crippen LogP contribution in [0.15, 0.2) is 24.3 Å². The summed E-state index contributed by atoms with van der Waals surface area (Å²) < 4.78 is 0. The fourth-order valence-electron chi connectivity index (χ4n) is 2.89. The Labute approximate surface area is 156 Å². The van der Waals surface area contributed by atoms with E-state index in [-0.39, 0.29) is 35.7 Å². The highest BCUT2D eigenvalue weighted by Crippen LogP contribution is 2.19. The van der Waals surface area contributed by atoms with Crippen molar-refractivity contribution in [3.8, 4) is 0 Å². The monoisotopic (exact) mass is 367 g/mol. The lowest BCUT2D eigenvalue weighted by molar-refractivity contribution is 0.0623. The molecule has 0 aliphatic carbocycles. The van der Waals surface area contributed by atoms with Gasteiger partial charge in [0.2, 0.25) is 0 Å². The van der Waals surface area contributed by atoms with Crippen LogP contribution in [0.4, 0.5) is 0 Å². The Bertz CT molecular complexity index is 581. The van der Waals surface area contributed by atoms with Gasteiger partial charge in [0.15, 0.2) is 0 Å². The highest BCUT2D eigenvalue weighted by atomic mass is 35.5.